The molecule has 4 nitrogen and oxygen atoms in total. The molecule has 1 aromatic heterocycles. The van der Waals surface area contributed by atoms with Crippen molar-refractivity contribution >= 4 is 40.0 Å². The molecule has 4 N–H and O–H groups in total. The molecule has 0 atom stereocenters. The average Bonchev–Trinajstić information content (AvgIpc) is 2.75. The van der Waals surface area contributed by atoms with Crippen molar-refractivity contribution in [3.63, 3.8) is 0 Å². The number of nitrogen functional groups attached to an aromatic ring is 1. The monoisotopic (exact) mass is 276 g/mol. The molecule has 19 heavy (non-hydrogen) atoms. The highest BCUT2D eigenvalue weighted by molar-refractivity contribution is 6.30. The molecule has 0 aliphatic rings. The number of rotatable bonds is 2. The van der Waals surface area contributed by atoms with Crippen LogP contribution >= 0.6 is 11.6 Å². The number of aromatic nitrogens is 2. The summed E-state index contributed by atoms with van der Waals surface area (Å²) in [6, 6.07) is 9.60. The Morgan fingerprint density at radius 2 is 2.05 bits per heavy atom. The lowest BCUT2D eigenvalue weighted by Crippen LogP contribution is -1.95. The van der Waals surface area contributed by atoms with Crippen LogP contribution in [-0.2, 0) is 0 Å². The van der Waals surface area contributed by atoms with Crippen molar-refractivity contribution in [2.24, 2.45) is 0 Å². The highest BCUT2D eigenvalue weighted by Crippen LogP contribution is 2.24. The van der Waals surface area contributed by atoms with Crippen LogP contribution in [0.25, 0.3) is 11.0 Å². The highest BCUT2D eigenvalue weighted by atomic mass is 35.5. The number of hydrogen-bond acceptors (Lipinski definition) is 3. The van der Waals surface area contributed by atoms with Gasteiger partial charge in [0.1, 0.15) is 5.82 Å². The van der Waals surface area contributed by atoms with Crippen molar-refractivity contribution < 1.29 is 4.39 Å². The minimum atomic E-state index is -0.399. The zero-order valence-electron chi connectivity index (χ0n) is 9.74. The van der Waals surface area contributed by atoms with Crippen molar-refractivity contribution in [3.8, 4) is 0 Å². The van der Waals surface area contributed by atoms with Gasteiger partial charge in [0.15, 0.2) is 0 Å². The maximum absolute atomic E-state index is 13.6. The summed E-state index contributed by atoms with van der Waals surface area (Å²) < 4.78 is 13.6. The third-order valence-corrected chi connectivity index (χ3v) is 2.92. The number of aromatic amines is 1. The zero-order chi connectivity index (χ0) is 13.4. The second kappa shape index (κ2) is 4.44. The fourth-order valence-electron chi connectivity index (χ4n) is 1.81. The summed E-state index contributed by atoms with van der Waals surface area (Å²) in [5, 5.41) is 3.30. The van der Waals surface area contributed by atoms with Gasteiger partial charge in [-0.3, -0.25) is 0 Å². The van der Waals surface area contributed by atoms with E-state index < -0.39 is 5.82 Å². The first kappa shape index (κ1) is 11.8. The smallest absolute Gasteiger partial charge is 0.205 e. The van der Waals surface area contributed by atoms with Crippen LogP contribution in [0.2, 0.25) is 5.02 Å². The zero-order valence-corrected chi connectivity index (χ0v) is 10.5. The summed E-state index contributed by atoms with van der Waals surface area (Å²) in [5.41, 5.74) is 8.11. The first-order valence-corrected chi connectivity index (χ1v) is 5.97. The Labute approximate surface area is 113 Å². The maximum Gasteiger partial charge on any atom is 0.205 e. The fourth-order valence-corrected chi connectivity index (χ4v) is 1.98. The number of nitrogens with one attached hydrogen (secondary N) is 2. The van der Waals surface area contributed by atoms with Gasteiger partial charge in [-0.15, -0.1) is 0 Å². The number of H-pyrrole nitrogens is 1. The van der Waals surface area contributed by atoms with Crippen LogP contribution in [0.15, 0.2) is 36.4 Å². The molecule has 0 radical (unpaired) electrons. The molecule has 1 heterocycles. The summed E-state index contributed by atoms with van der Waals surface area (Å²) in [7, 11) is 0. The molecule has 0 spiro atoms. The second-order valence-corrected chi connectivity index (χ2v) is 4.55. The van der Waals surface area contributed by atoms with E-state index in [9.17, 15) is 4.39 Å². The first-order valence-electron chi connectivity index (χ1n) is 5.59. The predicted octanol–water partition coefficient (Wildman–Crippen LogP) is 3.68. The second-order valence-electron chi connectivity index (χ2n) is 4.11. The molecule has 0 amide bonds. The Hall–Kier alpha value is -2.27. The number of hydrogen-bond donors (Lipinski definition) is 3. The number of nitrogens with zero attached hydrogens (tertiary/aromatic N) is 1. The molecule has 3 rings (SSSR count). The lowest BCUT2D eigenvalue weighted by molar-refractivity contribution is 0.631. The number of benzene rings is 2. The van der Waals surface area contributed by atoms with E-state index in [1.54, 1.807) is 18.2 Å². The number of fused-ring (bicyclic) bond motifs is 1. The van der Waals surface area contributed by atoms with E-state index in [1.165, 1.54) is 18.2 Å². The van der Waals surface area contributed by atoms with Crippen molar-refractivity contribution in [1.82, 2.24) is 9.97 Å². The predicted molar refractivity (Wildman–Crippen MR) is 75.2 cm³/mol. The van der Waals surface area contributed by atoms with Crippen LogP contribution in [0.5, 0.6) is 0 Å². The Kier molecular flexibility index (Phi) is 2.76. The first-order chi connectivity index (χ1) is 9.11. The van der Waals surface area contributed by atoms with E-state index >= 15 is 0 Å². The maximum atomic E-state index is 13.6. The van der Waals surface area contributed by atoms with Gasteiger partial charge in [-0.05, 0) is 36.4 Å². The lowest BCUT2D eigenvalue weighted by Gasteiger charge is -2.04. The summed E-state index contributed by atoms with van der Waals surface area (Å²) in [6.07, 6.45) is 0. The molecule has 96 valence electrons. The summed E-state index contributed by atoms with van der Waals surface area (Å²) >= 11 is 5.83. The van der Waals surface area contributed by atoms with Crippen molar-refractivity contribution in [1.29, 1.82) is 0 Å². The Morgan fingerprint density at radius 3 is 2.89 bits per heavy atom. The molecular formula is C13H10ClFN4. The van der Waals surface area contributed by atoms with Gasteiger partial charge >= 0.3 is 0 Å². The summed E-state index contributed by atoms with van der Waals surface area (Å²) in [5.74, 6) is 0.0335. The van der Waals surface area contributed by atoms with Crippen molar-refractivity contribution in [2.75, 3.05) is 11.1 Å². The SMILES string of the molecule is Nc1ccc2nc(Nc3cc(Cl)ccc3F)[nH]c2c1. The number of imidazole rings is 1. The van der Waals surface area contributed by atoms with Crippen LogP contribution in [0.4, 0.5) is 21.7 Å². The van der Waals surface area contributed by atoms with E-state index in [1.807, 2.05) is 0 Å². The van der Waals surface area contributed by atoms with Gasteiger partial charge in [0.2, 0.25) is 5.95 Å². The van der Waals surface area contributed by atoms with Crippen LogP contribution in [0.1, 0.15) is 0 Å². The lowest BCUT2D eigenvalue weighted by atomic mass is 10.3. The standard InChI is InChI=1S/C13H10ClFN4/c14-7-1-3-9(15)11(5-7)18-13-17-10-4-2-8(16)6-12(10)19-13/h1-6H,16H2,(H2,17,18,19). The fraction of sp³-hybridized carbons (Fsp3) is 0. The molecular weight excluding hydrogens is 267 g/mol. The Balaban J connectivity index is 1.98. The Morgan fingerprint density at radius 1 is 1.21 bits per heavy atom. The van der Waals surface area contributed by atoms with Gasteiger partial charge in [-0.2, -0.15) is 0 Å². The van der Waals surface area contributed by atoms with E-state index in [-0.39, 0.29) is 5.69 Å². The number of nitrogens with two attached hydrogens (primary N) is 1. The molecule has 0 aliphatic carbocycles. The number of halogens is 2. The van der Waals surface area contributed by atoms with Gasteiger partial charge in [-0.25, -0.2) is 9.37 Å². The normalized spacial score (nSPS) is 10.8. The van der Waals surface area contributed by atoms with Gasteiger partial charge in [0.05, 0.1) is 16.7 Å². The molecule has 0 saturated carbocycles. The van der Waals surface area contributed by atoms with Crippen molar-refractivity contribution in [2.45, 2.75) is 0 Å². The largest absolute Gasteiger partial charge is 0.399 e. The van der Waals surface area contributed by atoms with Gasteiger partial charge in [0, 0.05) is 10.7 Å². The molecule has 3 aromatic rings. The topological polar surface area (TPSA) is 66.7 Å². The molecule has 0 saturated heterocycles. The van der Waals surface area contributed by atoms with E-state index in [2.05, 4.69) is 15.3 Å². The average molecular weight is 277 g/mol. The molecule has 2 aromatic carbocycles. The van der Waals surface area contributed by atoms with Crippen LogP contribution in [-0.4, -0.2) is 9.97 Å². The summed E-state index contributed by atoms with van der Waals surface area (Å²) in [6.45, 7) is 0. The third-order valence-electron chi connectivity index (χ3n) is 2.69. The number of anilines is 3. The molecule has 0 bridgehead atoms. The Bertz CT molecular complexity index is 753. The van der Waals surface area contributed by atoms with Crippen LogP contribution < -0.4 is 11.1 Å². The van der Waals surface area contributed by atoms with Gasteiger partial charge in [0.25, 0.3) is 0 Å². The molecule has 6 heteroatoms. The van der Waals surface area contributed by atoms with Gasteiger partial charge in [-0.1, -0.05) is 11.6 Å². The molecule has 0 unspecified atom stereocenters. The third kappa shape index (κ3) is 2.32. The van der Waals surface area contributed by atoms with E-state index in [0.29, 0.717) is 16.7 Å². The van der Waals surface area contributed by atoms with Gasteiger partial charge < -0.3 is 16.0 Å². The minimum absolute atomic E-state index is 0.263. The highest BCUT2D eigenvalue weighted by Gasteiger charge is 2.07. The molecule has 0 aliphatic heterocycles. The quantitative estimate of drug-likeness (QED) is 0.626. The summed E-state index contributed by atoms with van der Waals surface area (Å²) in [4.78, 5) is 7.31. The van der Waals surface area contributed by atoms with E-state index in [4.69, 9.17) is 17.3 Å². The van der Waals surface area contributed by atoms with Crippen LogP contribution in [0, 0.1) is 5.82 Å². The molecule has 0 fully saturated rings. The van der Waals surface area contributed by atoms with Crippen LogP contribution in [0.3, 0.4) is 0 Å². The minimum Gasteiger partial charge on any atom is -0.399 e. The van der Waals surface area contributed by atoms with E-state index in [0.717, 1.165) is 11.0 Å². The van der Waals surface area contributed by atoms with Crippen molar-refractivity contribution in [3.05, 3.63) is 47.2 Å².